The summed E-state index contributed by atoms with van der Waals surface area (Å²) < 4.78 is 10.4. The summed E-state index contributed by atoms with van der Waals surface area (Å²) in [4.78, 5) is 12.6. The molecule has 4 heteroatoms. The predicted octanol–water partition coefficient (Wildman–Crippen LogP) is 4.80. The third-order valence-electron chi connectivity index (χ3n) is 4.50. The highest BCUT2D eigenvalue weighted by Gasteiger charge is 2.22. The normalized spacial score (nSPS) is 17.2. The van der Waals surface area contributed by atoms with Gasteiger partial charge in [-0.25, -0.2) is 0 Å². The Morgan fingerprint density at radius 3 is 2.48 bits per heavy atom. The molecule has 2 aromatic rings. The van der Waals surface area contributed by atoms with Crippen molar-refractivity contribution in [3.8, 4) is 17.2 Å². The molecule has 1 fully saturated rings. The quantitative estimate of drug-likeness (QED) is 0.777. The van der Waals surface area contributed by atoms with E-state index in [1.165, 1.54) is 7.11 Å². The van der Waals surface area contributed by atoms with Gasteiger partial charge in [-0.15, -0.1) is 0 Å². The van der Waals surface area contributed by atoms with Crippen LogP contribution in [0.1, 0.15) is 24.0 Å². The topological polar surface area (TPSA) is 55.8 Å². The molecule has 1 aliphatic rings. The molecule has 3 rings (SSSR count). The van der Waals surface area contributed by atoms with E-state index in [1.807, 2.05) is 48.6 Å². The number of phenolic OH excluding ortho intramolecular Hbond substituents is 1. The number of Topliss-reactive ketones (excluding diaryl/α,β-unsaturated/α-hetero) is 1. The molecule has 27 heavy (non-hydrogen) atoms. The van der Waals surface area contributed by atoms with E-state index < -0.39 is 0 Å². The van der Waals surface area contributed by atoms with E-state index in [1.54, 1.807) is 25.3 Å². The maximum absolute atomic E-state index is 12.6. The van der Waals surface area contributed by atoms with Gasteiger partial charge in [0.25, 0.3) is 0 Å². The smallest absolute Gasteiger partial charge is 0.185 e. The molecule has 2 aromatic carbocycles. The monoisotopic (exact) mass is 362 g/mol. The number of para-hydroxylation sites is 1. The molecular formula is C23H22O4. The van der Waals surface area contributed by atoms with Crippen molar-refractivity contribution >= 4 is 17.9 Å². The van der Waals surface area contributed by atoms with Crippen LogP contribution < -0.4 is 9.47 Å². The van der Waals surface area contributed by atoms with Gasteiger partial charge in [-0.05, 0) is 42.7 Å². The van der Waals surface area contributed by atoms with Crippen LogP contribution in [0.5, 0.6) is 17.2 Å². The molecule has 0 unspecified atom stereocenters. The van der Waals surface area contributed by atoms with Crippen molar-refractivity contribution in [2.75, 3.05) is 14.2 Å². The zero-order valence-corrected chi connectivity index (χ0v) is 15.4. The van der Waals surface area contributed by atoms with Gasteiger partial charge in [-0.1, -0.05) is 42.5 Å². The molecule has 1 aliphatic carbocycles. The number of carbonyl (C=O) groups is 1. The van der Waals surface area contributed by atoms with E-state index in [4.69, 9.17) is 9.47 Å². The Morgan fingerprint density at radius 2 is 1.70 bits per heavy atom. The maximum Gasteiger partial charge on any atom is 0.185 e. The molecule has 0 bridgehead atoms. The van der Waals surface area contributed by atoms with Crippen LogP contribution in [0.15, 0.2) is 65.8 Å². The first-order valence-electron chi connectivity index (χ1n) is 8.75. The largest absolute Gasteiger partial charge is 0.504 e. The van der Waals surface area contributed by atoms with E-state index in [0.29, 0.717) is 12.2 Å². The molecular weight excluding hydrogens is 340 g/mol. The third-order valence-corrected chi connectivity index (χ3v) is 4.50. The molecule has 0 spiro atoms. The molecule has 0 heterocycles. The predicted molar refractivity (Wildman–Crippen MR) is 107 cm³/mol. The first-order chi connectivity index (χ1) is 13.1. The minimum absolute atomic E-state index is 0.0618. The maximum atomic E-state index is 12.6. The van der Waals surface area contributed by atoms with Gasteiger partial charge >= 0.3 is 0 Å². The summed E-state index contributed by atoms with van der Waals surface area (Å²) in [6, 6.07) is 12.8. The van der Waals surface area contributed by atoms with Crippen molar-refractivity contribution in [1.82, 2.24) is 0 Å². The summed E-state index contributed by atoms with van der Waals surface area (Å²) in [5, 5.41) is 9.68. The van der Waals surface area contributed by atoms with E-state index in [0.717, 1.165) is 34.4 Å². The Balaban J connectivity index is 1.76. The summed E-state index contributed by atoms with van der Waals surface area (Å²) >= 11 is 0. The first-order valence-corrected chi connectivity index (χ1v) is 8.75. The minimum atomic E-state index is 0.0618. The number of rotatable bonds is 5. The molecule has 1 N–H and O–H groups in total. The van der Waals surface area contributed by atoms with E-state index in [2.05, 4.69) is 0 Å². The number of phenols is 1. The fourth-order valence-corrected chi connectivity index (χ4v) is 3.06. The zero-order chi connectivity index (χ0) is 19.2. The van der Waals surface area contributed by atoms with Crippen LogP contribution in [-0.2, 0) is 4.79 Å². The van der Waals surface area contributed by atoms with Crippen molar-refractivity contribution in [2.24, 2.45) is 0 Å². The fraction of sp³-hybridized carbons (Fsp3) is 0.174. The second-order valence-electron chi connectivity index (χ2n) is 6.22. The molecule has 1 saturated carbocycles. The van der Waals surface area contributed by atoms with Crippen molar-refractivity contribution < 1.29 is 19.4 Å². The number of hydrogen-bond acceptors (Lipinski definition) is 4. The Bertz CT molecular complexity index is 935. The molecule has 0 atom stereocenters. The van der Waals surface area contributed by atoms with Gasteiger partial charge in [-0.2, -0.15) is 0 Å². The van der Waals surface area contributed by atoms with Crippen LogP contribution in [0, 0.1) is 0 Å². The lowest BCUT2D eigenvalue weighted by molar-refractivity contribution is -0.111. The van der Waals surface area contributed by atoms with Gasteiger partial charge in [0, 0.05) is 16.7 Å². The van der Waals surface area contributed by atoms with Crippen LogP contribution >= 0.6 is 0 Å². The van der Waals surface area contributed by atoms with Crippen molar-refractivity contribution in [3.63, 3.8) is 0 Å². The molecule has 138 valence electrons. The average molecular weight is 362 g/mol. The molecule has 0 aliphatic heterocycles. The first kappa shape index (κ1) is 18.5. The van der Waals surface area contributed by atoms with Gasteiger partial charge in [0.15, 0.2) is 17.3 Å². The van der Waals surface area contributed by atoms with E-state index in [-0.39, 0.29) is 11.5 Å². The van der Waals surface area contributed by atoms with Gasteiger partial charge in [0.2, 0.25) is 0 Å². The van der Waals surface area contributed by atoms with Gasteiger partial charge < -0.3 is 14.6 Å². The number of methoxy groups -OCH3 is 2. The van der Waals surface area contributed by atoms with Crippen LogP contribution in [-0.4, -0.2) is 25.1 Å². The van der Waals surface area contributed by atoms with E-state index in [9.17, 15) is 9.90 Å². The van der Waals surface area contributed by atoms with Gasteiger partial charge in [0.05, 0.1) is 14.2 Å². The summed E-state index contributed by atoms with van der Waals surface area (Å²) in [7, 11) is 3.14. The second-order valence-corrected chi connectivity index (χ2v) is 6.22. The van der Waals surface area contributed by atoms with Crippen LogP contribution in [0.2, 0.25) is 0 Å². The summed E-state index contributed by atoms with van der Waals surface area (Å²) in [6.07, 6.45) is 8.97. The number of allylic oxidation sites excluding steroid dienone is 4. The highest BCUT2D eigenvalue weighted by atomic mass is 16.5. The Morgan fingerprint density at radius 1 is 0.963 bits per heavy atom. The van der Waals surface area contributed by atoms with Gasteiger partial charge in [-0.3, -0.25) is 4.79 Å². The average Bonchev–Trinajstić information content (AvgIpc) is 3.03. The number of benzene rings is 2. The standard InChI is InChI=1S/C23H22O4/c1-26-21-9-4-3-6-17(21)7-5-8-18-11-12-19(23(18)25)14-16-10-13-20(24)22(15-16)27-2/h3-10,13-15,24H,11-12H2,1-2H3/b7-5+,18-8+,19-14+. The highest BCUT2D eigenvalue weighted by molar-refractivity contribution is 6.13. The van der Waals surface area contributed by atoms with Crippen molar-refractivity contribution in [3.05, 3.63) is 76.9 Å². The lowest BCUT2D eigenvalue weighted by Crippen LogP contribution is -1.95. The zero-order valence-electron chi connectivity index (χ0n) is 15.4. The van der Waals surface area contributed by atoms with Crippen LogP contribution in [0.3, 0.4) is 0 Å². The summed E-state index contributed by atoms with van der Waals surface area (Å²) in [5.41, 5.74) is 3.35. The number of hydrogen-bond donors (Lipinski definition) is 1. The minimum Gasteiger partial charge on any atom is -0.504 e. The van der Waals surface area contributed by atoms with Gasteiger partial charge in [0.1, 0.15) is 5.75 Å². The highest BCUT2D eigenvalue weighted by Crippen LogP contribution is 2.31. The second kappa shape index (κ2) is 8.41. The molecule has 0 radical (unpaired) electrons. The summed E-state index contributed by atoms with van der Waals surface area (Å²) in [5.74, 6) is 1.34. The molecule has 4 nitrogen and oxygen atoms in total. The lowest BCUT2D eigenvalue weighted by atomic mass is 10.1. The number of aromatic hydroxyl groups is 1. The third kappa shape index (κ3) is 4.29. The Kier molecular flexibility index (Phi) is 5.77. The molecule has 0 amide bonds. The molecule has 0 saturated heterocycles. The number of carbonyl (C=O) groups excluding carboxylic acids is 1. The number of ketones is 1. The van der Waals surface area contributed by atoms with Crippen molar-refractivity contribution in [1.29, 1.82) is 0 Å². The van der Waals surface area contributed by atoms with E-state index >= 15 is 0 Å². The molecule has 0 aromatic heterocycles. The number of ether oxygens (including phenoxy) is 2. The van der Waals surface area contributed by atoms with Crippen LogP contribution in [0.25, 0.3) is 12.2 Å². The van der Waals surface area contributed by atoms with Crippen molar-refractivity contribution in [2.45, 2.75) is 12.8 Å². The lowest BCUT2D eigenvalue weighted by Gasteiger charge is -2.04. The SMILES string of the molecule is COc1cc(/C=C2\CC/C(=C\C=C\c3ccccc3OC)C2=O)ccc1O. The van der Waals surface area contributed by atoms with Crippen LogP contribution in [0.4, 0.5) is 0 Å². The summed E-state index contributed by atoms with van der Waals surface area (Å²) in [6.45, 7) is 0. The fourth-order valence-electron chi connectivity index (χ4n) is 3.06. The Hall–Kier alpha value is -3.27. The Labute approximate surface area is 159 Å².